The second-order valence-corrected chi connectivity index (χ2v) is 6.71. The number of phenolic OH excluding ortho intramolecular Hbond substituents is 1. The molecule has 1 amide bonds. The Labute approximate surface area is 131 Å². The molecule has 3 N–H and O–H groups in total. The fourth-order valence-corrected chi connectivity index (χ4v) is 2.60. The summed E-state index contributed by atoms with van der Waals surface area (Å²) in [4.78, 5) is 16.1. The number of anilines is 2. The number of benzene rings is 1. The van der Waals surface area contributed by atoms with E-state index in [0.717, 1.165) is 5.69 Å². The van der Waals surface area contributed by atoms with E-state index in [2.05, 4.69) is 4.90 Å². The first-order valence-corrected chi connectivity index (χ1v) is 7.50. The Bertz CT molecular complexity index is 554. The maximum Gasteiger partial charge on any atom is 0.410 e. The minimum Gasteiger partial charge on any atom is -0.508 e. The van der Waals surface area contributed by atoms with Crippen LogP contribution in [0.4, 0.5) is 16.2 Å². The summed E-state index contributed by atoms with van der Waals surface area (Å²) in [6, 6.07) is 4.99. The molecule has 0 aliphatic carbocycles. The molecule has 1 fully saturated rings. The molecule has 0 aromatic heterocycles. The number of aromatic hydroxyl groups is 1. The van der Waals surface area contributed by atoms with E-state index >= 15 is 0 Å². The molecule has 1 saturated heterocycles. The largest absolute Gasteiger partial charge is 0.508 e. The highest BCUT2D eigenvalue weighted by molar-refractivity contribution is 5.72. The van der Waals surface area contributed by atoms with Crippen molar-refractivity contribution in [2.75, 3.05) is 30.3 Å². The van der Waals surface area contributed by atoms with Crippen molar-refractivity contribution in [1.29, 1.82) is 0 Å². The van der Waals surface area contributed by atoms with Gasteiger partial charge >= 0.3 is 6.09 Å². The number of nitrogen functional groups attached to an aromatic ring is 1. The lowest BCUT2D eigenvalue weighted by Crippen LogP contribution is -2.55. The molecule has 0 bridgehead atoms. The molecule has 1 aromatic rings. The normalized spacial score (nSPS) is 19.2. The third-order valence-corrected chi connectivity index (χ3v) is 3.61. The van der Waals surface area contributed by atoms with Crippen LogP contribution in [0.3, 0.4) is 0 Å². The molecule has 0 radical (unpaired) electrons. The minimum atomic E-state index is -0.491. The molecule has 0 saturated carbocycles. The monoisotopic (exact) mass is 307 g/mol. The van der Waals surface area contributed by atoms with Gasteiger partial charge in [-0.15, -0.1) is 0 Å². The van der Waals surface area contributed by atoms with E-state index in [1.54, 1.807) is 23.1 Å². The Kier molecular flexibility index (Phi) is 4.39. The topological polar surface area (TPSA) is 79.0 Å². The molecule has 0 spiro atoms. The second-order valence-electron chi connectivity index (χ2n) is 6.71. The van der Waals surface area contributed by atoms with Gasteiger partial charge in [0.25, 0.3) is 0 Å². The van der Waals surface area contributed by atoms with E-state index in [0.29, 0.717) is 25.3 Å². The number of nitrogens with zero attached hydrogens (tertiary/aromatic N) is 2. The van der Waals surface area contributed by atoms with Crippen LogP contribution in [0.15, 0.2) is 18.2 Å². The van der Waals surface area contributed by atoms with Crippen LogP contribution in [0, 0.1) is 0 Å². The smallest absolute Gasteiger partial charge is 0.410 e. The summed E-state index contributed by atoms with van der Waals surface area (Å²) >= 11 is 0. The summed E-state index contributed by atoms with van der Waals surface area (Å²) < 4.78 is 5.44. The first-order chi connectivity index (χ1) is 10.2. The van der Waals surface area contributed by atoms with Crippen molar-refractivity contribution in [1.82, 2.24) is 4.90 Å². The summed E-state index contributed by atoms with van der Waals surface area (Å²) in [7, 11) is 0. The van der Waals surface area contributed by atoms with Crippen LogP contribution in [0.1, 0.15) is 27.7 Å². The van der Waals surface area contributed by atoms with Gasteiger partial charge < -0.3 is 25.4 Å². The van der Waals surface area contributed by atoms with Crippen LogP contribution < -0.4 is 10.6 Å². The molecule has 1 aliphatic heterocycles. The van der Waals surface area contributed by atoms with Crippen LogP contribution in [-0.2, 0) is 4.74 Å². The quantitative estimate of drug-likeness (QED) is 0.779. The second kappa shape index (κ2) is 5.94. The third-order valence-electron chi connectivity index (χ3n) is 3.61. The predicted molar refractivity (Wildman–Crippen MR) is 87.1 cm³/mol. The van der Waals surface area contributed by atoms with Gasteiger partial charge in [-0.25, -0.2) is 4.79 Å². The SMILES string of the molecule is CC1CN(c2ccc(O)cc2N)CCN1C(=O)OC(C)(C)C. The summed E-state index contributed by atoms with van der Waals surface area (Å²) in [5.74, 6) is 0.154. The zero-order chi connectivity index (χ0) is 16.5. The van der Waals surface area contributed by atoms with Gasteiger partial charge in [-0.05, 0) is 39.8 Å². The van der Waals surface area contributed by atoms with Gasteiger partial charge in [0.15, 0.2) is 0 Å². The van der Waals surface area contributed by atoms with Crippen molar-refractivity contribution < 1.29 is 14.6 Å². The van der Waals surface area contributed by atoms with Gasteiger partial charge in [0, 0.05) is 31.7 Å². The molecule has 6 nitrogen and oxygen atoms in total. The van der Waals surface area contributed by atoms with Gasteiger partial charge in [-0.3, -0.25) is 0 Å². The summed E-state index contributed by atoms with van der Waals surface area (Å²) in [6.45, 7) is 9.52. The summed E-state index contributed by atoms with van der Waals surface area (Å²) in [5.41, 5.74) is 6.90. The molecule has 122 valence electrons. The number of phenols is 1. The van der Waals surface area contributed by atoms with Crippen molar-refractivity contribution in [3.8, 4) is 5.75 Å². The average Bonchev–Trinajstić information content (AvgIpc) is 2.36. The van der Waals surface area contributed by atoms with Gasteiger partial charge in [0.05, 0.1) is 11.4 Å². The van der Waals surface area contributed by atoms with E-state index in [1.807, 2.05) is 27.7 Å². The number of rotatable bonds is 1. The molecule has 1 heterocycles. The third kappa shape index (κ3) is 3.75. The van der Waals surface area contributed by atoms with Crippen LogP contribution in [0.2, 0.25) is 0 Å². The van der Waals surface area contributed by atoms with E-state index in [4.69, 9.17) is 10.5 Å². The lowest BCUT2D eigenvalue weighted by Gasteiger charge is -2.41. The van der Waals surface area contributed by atoms with Crippen LogP contribution in [-0.4, -0.2) is 47.4 Å². The van der Waals surface area contributed by atoms with Gasteiger partial charge in [-0.2, -0.15) is 0 Å². The first kappa shape index (κ1) is 16.3. The summed E-state index contributed by atoms with van der Waals surface area (Å²) in [5, 5.41) is 9.44. The van der Waals surface area contributed by atoms with Crippen LogP contribution >= 0.6 is 0 Å². The number of carbonyl (C=O) groups excluding carboxylic acids is 1. The lowest BCUT2D eigenvalue weighted by molar-refractivity contribution is 0.0159. The highest BCUT2D eigenvalue weighted by Crippen LogP contribution is 2.29. The Morgan fingerprint density at radius 3 is 2.59 bits per heavy atom. The number of hydrogen-bond donors (Lipinski definition) is 2. The fraction of sp³-hybridized carbons (Fsp3) is 0.562. The molecule has 1 aliphatic rings. The Balaban J connectivity index is 2.05. The maximum absolute atomic E-state index is 12.2. The zero-order valence-electron chi connectivity index (χ0n) is 13.7. The Morgan fingerprint density at radius 1 is 1.36 bits per heavy atom. The lowest BCUT2D eigenvalue weighted by atomic mass is 10.1. The van der Waals surface area contributed by atoms with E-state index in [9.17, 15) is 9.90 Å². The molecule has 1 unspecified atom stereocenters. The van der Waals surface area contributed by atoms with Crippen molar-refractivity contribution in [2.45, 2.75) is 39.3 Å². The van der Waals surface area contributed by atoms with Gasteiger partial charge in [0.2, 0.25) is 0 Å². The molecule has 2 rings (SSSR count). The molecule has 1 aromatic carbocycles. The highest BCUT2D eigenvalue weighted by atomic mass is 16.6. The standard InChI is InChI=1S/C16H25N3O3/c1-11-10-18(14-6-5-12(20)9-13(14)17)7-8-19(11)15(21)22-16(2,3)4/h5-6,9,11,20H,7-8,10,17H2,1-4H3. The van der Waals surface area contributed by atoms with Crippen LogP contribution in [0.5, 0.6) is 5.75 Å². The molecular weight excluding hydrogens is 282 g/mol. The molecule has 22 heavy (non-hydrogen) atoms. The molecular formula is C16H25N3O3. The number of ether oxygens (including phenoxy) is 1. The number of hydrogen-bond acceptors (Lipinski definition) is 5. The Hall–Kier alpha value is -2.11. The number of nitrogens with two attached hydrogens (primary N) is 1. The maximum atomic E-state index is 12.2. The zero-order valence-corrected chi connectivity index (χ0v) is 13.7. The van der Waals surface area contributed by atoms with E-state index < -0.39 is 5.60 Å². The Morgan fingerprint density at radius 2 is 2.05 bits per heavy atom. The van der Waals surface area contributed by atoms with E-state index in [-0.39, 0.29) is 17.9 Å². The number of piperazine rings is 1. The van der Waals surface area contributed by atoms with Gasteiger partial charge in [0.1, 0.15) is 11.4 Å². The number of amides is 1. The van der Waals surface area contributed by atoms with Crippen molar-refractivity contribution >= 4 is 17.5 Å². The van der Waals surface area contributed by atoms with Crippen molar-refractivity contribution in [2.24, 2.45) is 0 Å². The van der Waals surface area contributed by atoms with Crippen molar-refractivity contribution in [3.63, 3.8) is 0 Å². The average molecular weight is 307 g/mol. The first-order valence-electron chi connectivity index (χ1n) is 7.50. The van der Waals surface area contributed by atoms with E-state index in [1.165, 1.54) is 0 Å². The summed E-state index contributed by atoms with van der Waals surface area (Å²) in [6.07, 6.45) is -0.279. The predicted octanol–water partition coefficient (Wildman–Crippen LogP) is 2.42. The molecule has 1 atom stereocenters. The fourth-order valence-electron chi connectivity index (χ4n) is 2.60. The van der Waals surface area contributed by atoms with Gasteiger partial charge in [-0.1, -0.05) is 0 Å². The number of carbonyl (C=O) groups is 1. The van der Waals surface area contributed by atoms with Crippen LogP contribution in [0.25, 0.3) is 0 Å². The molecule has 6 heteroatoms. The highest BCUT2D eigenvalue weighted by Gasteiger charge is 2.31. The minimum absolute atomic E-state index is 0.0248. The van der Waals surface area contributed by atoms with Crippen molar-refractivity contribution in [3.05, 3.63) is 18.2 Å².